The van der Waals surface area contributed by atoms with Gasteiger partial charge in [-0.3, -0.25) is 14.4 Å². The quantitative estimate of drug-likeness (QED) is 0.523. The number of carbonyl (C=O) groups is 2. The Morgan fingerprint density at radius 3 is 2.49 bits per heavy atom. The zero-order valence-electron chi connectivity index (χ0n) is 21.1. The molecule has 1 aliphatic heterocycles. The topological polar surface area (TPSA) is 114 Å². The van der Waals surface area contributed by atoms with Crippen molar-refractivity contribution in [3.8, 4) is 5.75 Å². The Balaban J connectivity index is 1.56. The number of benzene rings is 2. The van der Waals surface area contributed by atoms with Crippen molar-refractivity contribution >= 4 is 33.4 Å². The normalized spacial score (nSPS) is 17.4. The van der Waals surface area contributed by atoms with Gasteiger partial charge in [-0.25, -0.2) is 17.6 Å². The molecule has 37 heavy (non-hydrogen) atoms. The minimum Gasteiger partial charge on any atom is -0.486 e. The maximum Gasteiger partial charge on any atom is 0.411 e. The fourth-order valence-electron chi connectivity index (χ4n) is 3.78. The molecule has 0 bridgehead atoms. The van der Waals surface area contributed by atoms with E-state index in [0.717, 1.165) is 25.0 Å². The molecule has 2 amide bonds. The number of rotatable bonds is 8. The van der Waals surface area contributed by atoms with Crippen LogP contribution in [-0.4, -0.2) is 46.2 Å². The second kappa shape index (κ2) is 10.6. The zero-order chi connectivity index (χ0) is 26.8. The Labute approximate surface area is 216 Å². The molecule has 11 heteroatoms. The molecule has 200 valence electrons. The molecule has 1 atom stereocenters. The Morgan fingerprint density at radius 2 is 1.84 bits per heavy atom. The summed E-state index contributed by atoms with van der Waals surface area (Å²) in [4.78, 5) is 24.2. The molecule has 1 saturated carbocycles. The molecule has 0 spiro atoms. The number of ether oxygens (including phenoxy) is 2. The largest absolute Gasteiger partial charge is 0.486 e. The van der Waals surface area contributed by atoms with E-state index in [0.29, 0.717) is 24.4 Å². The number of nitrogens with zero attached hydrogens (tertiary/aromatic N) is 1. The summed E-state index contributed by atoms with van der Waals surface area (Å²) in [5.41, 5.74) is 0.348. The molecule has 0 saturated heterocycles. The number of sulfonamides is 1. The number of nitrogens with one attached hydrogen (secondary N) is 2. The monoisotopic (exact) mass is 533 g/mol. The van der Waals surface area contributed by atoms with Crippen LogP contribution in [0.1, 0.15) is 40.0 Å². The van der Waals surface area contributed by atoms with Gasteiger partial charge in [-0.2, -0.15) is 0 Å². The second-order valence-electron chi connectivity index (χ2n) is 10.5. The van der Waals surface area contributed by atoms with Crippen LogP contribution in [0.2, 0.25) is 0 Å². The maximum atomic E-state index is 13.6. The Hall–Kier alpha value is -3.34. The molecule has 2 aromatic carbocycles. The van der Waals surface area contributed by atoms with Crippen molar-refractivity contribution in [2.24, 2.45) is 11.3 Å². The number of amides is 2. The SMILES string of the molecule is CC(C)(C)COC(=O)Nc1ccc2c(c1)N(S(=O)(=O)c1ccc(F)cc1)C[C@H](CCNC(=O)C1CC1)O2. The fraction of sp³-hybridized carbons (Fsp3) is 0.462. The molecule has 1 heterocycles. The van der Waals surface area contributed by atoms with Crippen molar-refractivity contribution in [1.82, 2.24) is 5.32 Å². The number of halogens is 1. The van der Waals surface area contributed by atoms with Gasteiger partial charge in [-0.05, 0) is 60.7 Å². The van der Waals surface area contributed by atoms with Gasteiger partial charge in [0.05, 0.1) is 23.7 Å². The molecular weight excluding hydrogens is 501 g/mol. The first-order valence-electron chi connectivity index (χ1n) is 12.2. The summed E-state index contributed by atoms with van der Waals surface area (Å²) in [6.07, 6.45) is 0.986. The maximum absolute atomic E-state index is 13.6. The van der Waals surface area contributed by atoms with Gasteiger partial charge in [0, 0.05) is 24.6 Å². The van der Waals surface area contributed by atoms with Crippen LogP contribution in [0.3, 0.4) is 0 Å². The van der Waals surface area contributed by atoms with E-state index in [9.17, 15) is 22.4 Å². The van der Waals surface area contributed by atoms with E-state index in [4.69, 9.17) is 9.47 Å². The molecule has 4 rings (SSSR count). The van der Waals surface area contributed by atoms with E-state index in [-0.39, 0.29) is 41.0 Å². The number of anilines is 2. The summed E-state index contributed by atoms with van der Waals surface area (Å²) in [6.45, 7) is 6.33. The van der Waals surface area contributed by atoms with Crippen molar-refractivity contribution in [2.45, 2.75) is 51.0 Å². The van der Waals surface area contributed by atoms with Gasteiger partial charge in [-0.1, -0.05) is 20.8 Å². The van der Waals surface area contributed by atoms with E-state index < -0.39 is 28.0 Å². The Bertz CT molecular complexity index is 1260. The van der Waals surface area contributed by atoms with Gasteiger partial charge in [0.2, 0.25) is 5.91 Å². The lowest BCUT2D eigenvalue weighted by Gasteiger charge is -2.36. The van der Waals surface area contributed by atoms with Crippen molar-refractivity contribution < 1.29 is 31.9 Å². The summed E-state index contributed by atoms with van der Waals surface area (Å²) in [5.74, 6) is -0.166. The molecule has 2 N–H and O–H groups in total. The van der Waals surface area contributed by atoms with Gasteiger partial charge in [-0.15, -0.1) is 0 Å². The van der Waals surface area contributed by atoms with Crippen LogP contribution in [-0.2, 0) is 19.6 Å². The highest BCUT2D eigenvalue weighted by molar-refractivity contribution is 7.92. The molecule has 0 unspecified atom stereocenters. The third kappa shape index (κ3) is 6.91. The lowest BCUT2D eigenvalue weighted by atomic mass is 9.99. The number of carbonyl (C=O) groups excluding carboxylic acids is 2. The highest BCUT2D eigenvalue weighted by atomic mass is 32.2. The predicted octanol–water partition coefficient (Wildman–Crippen LogP) is 4.29. The summed E-state index contributed by atoms with van der Waals surface area (Å²) >= 11 is 0. The minimum atomic E-state index is -4.09. The lowest BCUT2D eigenvalue weighted by Crippen LogP contribution is -2.45. The van der Waals surface area contributed by atoms with Crippen LogP contribution >= 0.6 is 0 Å². The molecule has 2 aromatic rings. The Kier molecular flexibility index (Phi) is 7.63. The zero-order valence-corrected chi connectivity index (χ0v) is 21.9. The van der Waals surface area contributed by atoms with Crippen LogP contribution in [0.15, 0.2) is 47.4 Å². The third-order valence-electron chi connectivity index (χ3n) is 5.89. The van der Waals surface area contributed by atoms with Crippen molar-refractivity contribution in [1.29, 1.82) is 0 Å². The van der Waals surface area contributed by atoms with Crippen LogP contribution in [0.5, 0.6) is 5.75 Å². The van der Waals surface area contributed by atoms with Crippen molar-refractivity contribution in [3.63, 3.8) is 0 Å². The third-order valence-corrected chi connectivity index (χ3v) is 7.68. The van der Waals surface area contributed by atoms with Gasteiger partial charge in [0.25, 0.3) is 10.0 Å². The van der Waals surface area contributed by atoms with Crippen LogP contribution in [0, 0.1) is 17.2 Å². The number of hydrogen-bond acceptors (Lipinski definition) is 6. The smallest absolute Gasteiger partial charge is 0.411 e. The van der Waals surface area contributed by atoms with Crippen LogP contribution in [0.25, 0.3) is 0 Å². The highest BCUT2D eigenvalue weighted by Crippen LogP contribution is 2.39. The van der Waals surface area contributed by atoms with Crippen molar-refractivity contribution in [3.05, 3.63) is 48.3 Å². The fourth-order valence-corrected chi connectivity index (χ4v) is 5.28. The molecule has 2 aliphatic rings. The summed E-state index contributed by atoms with van der Waals surface area (Å²) < 4.78 is 53.2. The number of fused-ring (bicyclic) bond motifs is 1. The minimum absolute atomic E-state index is 0.000984. The molecule has 1 aliphatic carbocycles. The first-order valence-corrected chi connectivity index (χ1v) is 13.7. The van der Waals surface area contributed by atoms with Gasteiger partial charge in [0.15, 0.2) is 0 Å². The summed E-state index contributed by atoms with van der Waals surface area (Å²) in [7, 11) is -4.09. The van der Waals surface area contributed by atoms with Gasteiger partial charge < -0.3 is 14.8 Å². The molecule has 1 fully saturated rings. The average molecular weight is 534 g/mol. The molecular formula is C26H32FN3O6S. The second-order valence-corrected chi connectivity index (χ2v) is 12.4. The number of hydrogen-bond donors (Lipinski definition) is 2. The van der Waals surface area contributed by atoms with E-state index in [2.05, 4.69) is 10.6 Å². The van der Waals surface area contributed by atoms with Gasteiger partial charge in [0.1, 0.15) is 17.7 Å². The van der Waals surface area contributed by atoms with Crippen molar-refractivity contribution in [2.75, 3.05) is 29.3 Å². The first kappa shape index (κ1) is 26.7. The molecule has 0 radical (unpaired) electrons. The summed E-state index contributed by atoms with van der Waals surface area (Å²) in [6, 6.07) is 9.26. The van der Waals surface area contributed by atoms with E-state index in [1.165, 1.54) is 22.5 Å². The molecule has 0 aromatic heterocycles. The Morgan fingerprint density at radius 1 is 1.14 bits per heavy atom. The van der Waals surface area contributed by atoms with Crippen LogP contribution in [0.4, 0.5) is 20.6 Å². The summed E-state index contributed by atoms with van der Waals surface area (Å²) in [5, 5.41) is 5.49. The molecule has 9 nitrogen and oxygen atoms in total. The predicted molar refractivity (Wildman–Crippen MR) is 137 cm³/mol. The van der Waals surface area contributed by atoms with E-state index in [1.807, 2.05) is 20.8 Å². The first-order chi connectivity index (χ1) is 17.4. The van der Waals surface area contributed by atoms with E-state index in [1.54, 1.807) is 12.1 Å². The van der Waals surface area contributed by atoms with Gasteiger partial charge >= 0.3 is 6.09 Å². The average Bonchev–Trinajstić information content (AvgIpc) is 3.68. The van der Waals surface area contributed by atoms with E-state index >= 15 is 0 Å². The highest BCUT2D eigenvalue weighted by Gasteiger charge is 2.35. The lowest BCUT2D eigenvalue weighted by molar-refractivity contribution is -0.122. The van der Waals surface area contributed by atoms with Crippen LogP contribution < -0.4 is 19.7 Å². The standard InChI is InChI=1S/C26H32FN3O6S/c1-26(2,3)16-35-25(32)29-19-8-11-23-22(14-19)30(37(33,34)21-9-6-18(27)7-10-21)15-20(36-23)12-13-28-24(31)17-4-5-17/h6-11,14,17,20H,4-5,12-13,15-16H2,1-3H3,(H,28,31)(H,29,32)/t20-/m0/s1.